The van der Waals surface area contributed by atoms with Crippen molar-refractivity contribution in [3.05, 3.63) is 12.2 Å². The monoisotopic (exact) mass is 404 g/mol. The molecule has 5 fully saturated rings. The molecule has 2 aliphatic heterocycles. The van der Waals surface area contributed by atoms with Crippen molar-refractivity contribution < 1.29 is 33.7 Å². The molecule has 8 atom stereocenters. The molecule has 0 unspecified atom stereocenters. The summed E-state index contributed by atoms with van der Waals surface area (Å²) >= 11 is 0. The van der Waals surface area contributed by atoms with Crippen LogP contribution in [0.4, 0.5) is 0 Å². The van der Waals surface area contributed by atoms with Gasteiger partial charge in [0.15, 0.2) is 12.1 Å². The Kier molecular flexibility index (Phi) is 3.78. The highest BCUT2D eigenvalue weighted by Gasteiger charge is 2.78. The van der Waals surface area contributed by atoms with Crippen molar-refractivity contribution in [2.24, 2.45) is 34.0 Å². The maximum absolute atomic E-state index is 13.3. The molecule has 2 spiro atoms. The smallest absolute Gasteiger partial charge is 0.320 e. The first kappa shape index (κ1) is 19.2. The van der Waals surface area contributed by atoms with E-state index in [0.717, 1.165) is 6.42 Å². The first-order valence-electron chi connectivity index (χ1n) is 10.5. The molecule has 0 amide bonds. The molecular formula is C22H28O7. The number of allylic oxidation sites excluding steroid dienone is 1. The van der Waals surface area contributed by atoms with E-state index in [1.807, 2.05) is 13.8 Å². The van der Waals surface area contributed by atoms with E-state index in [9.17, 15) is 19.5 Å². The van der Waals surface area contributed by atoms with Gasteiger partial charge in [-0.25, -0.2) is 0 Å². The summed E-state index contributed by atoms with van der Waals surface area (Å²) in [4.78, 5) is 38.3. The van der Waals surface area contributed by atoms with Crippen molar-refractivity contribution in [3.8, 4) is 0 Å². The third-order valence-electron chi connectivity index (χ3n) is 8.75. The minimum absolute atomic E-state index is 0.0235. The number of fused-ring (bicyclic) bond motifs is 1. The Bertz CT molecular complexity index is 831. The van der Waals surface area contributed by atoms with Gasteiger partial charge in [0.05, 0.1) is 6.61 Å². The SMILES string of the molecule is C=C1C(=O)[C@@]23C[C@H]1CC[C@H]2[C@@]12CO[C@H](O)[C@@H]1C(C)(C)[C@H](OC(C)=O)C[C@@H]2OC3=O. The van der Waals surface area contributed by atoms with E-state index in [1.165, 1.54) is 6.92 Å². The number of ketones is 1. The molecule has 0 aromatic heterocycles. The normalized spacial score (nSPS) is 49.7. The summed E-state index contributed by atoms with van der Waals surface area (Å²) in [7, 11) is 0. The van der Waals surface area contributed by atoms with Gasteiger partial charge in [-0.05, 0) is 36.7 Å². The van der Waals surface area contributed by atoms with Gasteiger partial charge in [-0.15, -0.1) is 0 Å². The van der Waals surface area contributed by atoms with Gasteiger partial charge in [0.25, 0.3) is 0 Å². The number of hydrogen-bond acceptors (Lipinski definition) is 7. The average molecular weight is 404 g/mol. The number of carbonyl (C=O) groups is 3. The average Bonchev–Trinajstić information content (AvgIpc) is 3.09. The molecule has 2 heterocycles. The van der Waals surface area contributed by atoms with E-state index in [0.29, 0.717) is 24.8 Å². The fourth-order valence-electron chi connectivity index (χ4n) is 7.60. The summed E-state index contributed by atoms with van der Waals surface area (Å²) in [6.07, 6.45) is 0.125. The number of ether oxygens (including phenoxy) is 3. The predicted octanol–water partition coefficient (Wildman–Crippen LogP) is 1.77. The molecule has 2 bridgehead atoms. The number of Topliss-reactive ketones (excluding diaryl/α,β-unsaturated/α-hetero) is 1. The highest BCUT2D eigenvalue weighted by Crippen LogP contribution is 2.71. The van der Waals surface area contributed by atoms with Gasteiger partial charge in [0.2, 0.25) is 0 Å². The summed E-state index contributed by atoms with van der Waals surface area (Å²) < 4.78 is 17.4. The van der Waals surface area contributed by atoms with Gasteiger partial charge in [-0.3, -0.25) is 14.4 Å². The Morgan fingerprint density at radius 3 is 2.69 bits per heavy atom. The highest BCUT2D eigenvalue weighted by atomic mass is 16.6. The summed E-state index contributed by atoms with van der Waals surface area (Å²) in [6.45, 7) is 9.48. The standard InChI is InChI=1S/C22H28O7/c1-10-12-5-6-13-21(8-12,17(10)24)19(26)29-15-7-14(28-11(2)23)20(3,4)16-18(25)27-9-22(13,15)16/h12-16,18,25H,1,5-9H2,2-4H3/t12-,13-,14-,15+,16-,18+,21-,22-/m1/s1. The first-order chi connectivity index (χ1) is 13.6. The number of carbonyl (C=O) groups excluding carboxylic acids is 3. The largest absolute Gasteiger partial charge is 0.462 e. The number of esters is 2. The summed E-state index contributed by atoms with van der Waals surface area (Å²) in [5.74, 6) is -1.76. The Morgan fingerprint density at radius 2 is 2.00 bits per heavy atom. The lowest BCUT2D eigenvalue weighted by Gasteiger charge is -2.62. The number of hydrogen-bond donors (Lipinski definition) is 1. The summed E-state index contributed by atoms with van der Waals surface area (Å²) in [5, 5.41) is 10.9. The van der Waals surface area contributed by atoms with Gasteiger partial charge in [0.1, 0.15) is 17.6 Å². The molecule has 1 N–H and O–H groups in total. The molecule has 7 nitrogen and oxygen atoms in total. The van der Waals surface area contributed by atoms with E-state index in [-0.39, 0.29) is 24.2 Å². The van der Waals surface area contributed by atoms with Crippen LogP contribution in [0.3, 0.4) is 0 Å². The van der Waals surface area contributed by atoms with E-state index in [2.05, 4.69) is 6.58 Å². The minimum atomic E-state index is -1.22. The van der Waals surface area contributed by atoms with Crippen molar-refractivity contribution in [3.63, 3.8) is 0 Å². The second-order valence-corrected chi connectivity index (χ2v) is 10.2. The van der Waals surface area contributed by atoms with Crippen LogP contribution in [0.2, 0.25) is 0 Å². The maximum Gasteiger partial charge on any atom is 0.320 e. The van der Waals surface area contributed by atoms with Crippen molar-refractivity contribution in [2.75, 3.05) is 6.61 Å². The third kappa shape index (κ3) is 2.08. The number of aliphatic hydroxyl groups excluding tert-OH is 1. The van der Waals surface area contributed by atoms with Gasteiger partial charge in [0, 0.05) is 30.1 Å². The van der Waals surface area contributed by atoms with E-state index < -0.39 is 52.6 Å². The Labute approximate surface area is 169 Å². The Hall–Kier alpha value is -1.73. The van der Waals surface area contributed by atoms with Crippen LogP contribution in [-0.2, 0) is 28.6 Å². The number of rotatable bonds is 1. The highest BCUT2D eigenvalue weighted by molar-refractivity contribution is 6.15. The summed E-state index contributed by atoms with van der Waals surface area (Å²) in [5.41, 5.74) is -1.98. The van der Waals surface area contributed by atoms with E-state index in [1.54, 1.807) is 0 Å². The zero-order chi connectivity index (χ0) is 20.9. The predicted molar refractivity (Wildman–Crippen MR) is 99.1 cm³/mol. The van der Waals surface area contributed by atoms with Crippen LogP contribution in [0, 0.1) is 34.0 Å². The minimum Gasteiger partial charge on any atom is -0.462 e. The van der Waals surface area contributed by atoms with Crippen LogP contribution in [0.5, 0.6) is 0 Å². The second-order valence-electron chi connectivity index (χ2n) is 10.2. The van der Waals surface area contributed by atoms with Crippen molar-refractivity contribution >= 4 is 17.7 Å². The lowest BCUT2D eigenvalue weighted by atomic mass is 9.43. The zero-order valence-corrected chi connectivity index (χ0v) is 17.1. The lowest BCUT2D eigenvalue weighted by molar-refractivity contribution is -0.256. The van der Waals surface area contributed by atoms with Gasteiger partial charge >= 0.3 is 11.9 Å². The second kappa shape index (κ2) is 5.70. The molecule has 5 aliphatic rings. The zero-order valence-electron chi connectivity index (χ0n) is 17.1. The third-order valence-corrected chi connectivity index (χ3v) is 8.75. The molecule has 0 aromatic carbocycles. The Morgan fingerprint density at radius 1 is 1.28 bits per heavy atom. The first-order valence-corrected chi connectivity index (χ1v) is 10.5. The molecule has 3 saturated carbocycles. The molecule has 29 heavy (non-hydrogen) atoms. The quantitative estimate of drug-likeness (QED) is 0.404. The van der Waals surface area contributed by atoms with E-state index in [4.69, 9.17) is 14.2 Å². The van der Waals surface area contributed by atoms with Crippen LogP contribution in [0.1, 0.15) is 46.5 Å². The molecule has 2 saturated heterocycles. The molecular weight excluding hydrogens is 376 g/mol. The Balaban J connectivity index is 1.66. The van der Waals surface area contributed by atoms with Crippen LogP contribution < -0.4 is 0 Å². The van der Waals surface area contributed by atoms with Gasteiger partial charge in [-0.1, -0.05) is 20.4 Å². The molecule has 3 aliphatic carbocycles. The van der Waals surface area contributed by atoms with Gasteiger partial charge < -0.3 is 19.3 Å². The number of aliphatic hydroxyl groups is 1. The molecule has 0 aromatic rings. The lowest BCUT2D eigenvalue weighted by Crippen LogP contribution is -2.70. The van der Waals surface area contributed by atoms with E-state index >= 15 is 0 Å². The van der Waals surface area contributed by atoms with Gasteiger partial charge in [-0.2, -0.15) is 0 Å². The fourth-order valence-corrected chi connectivity index (χ4v) is 7.60. The molecule has 0 radical (unpaired) electrons. The van der Waals surface area contributed by atoms with Crippen molar-refractivity contribution in [1.82, 2.24) is 0 Å². The molecule has 158 valence electrons. The van der Waals surface area contributed by atoms with Crippen LogP contribution in [0.15, 0.2) is 12.2 Å². The van der Waals surface area contributed by atoms with Crippen molar-refractivity contribution in [2.45, 2.75) is 65.0 Å². The molecule has 5 rings (SSSR count). The van der Waals surface area contributed by atoms with Crippen molar-refractivity contribution in [1.29, 1.82) is 0 Å². The topological polar surface area (TPSA) is 99.1 Å². The fraction of sp³-hybridized carbons (Fsp3) is 0.773. The molecule has 7 heteroatoms. The van der Waals surface area contributed by atoms with Crippen LogP contribution >= 0.6 is 0 Å². The maximum atomic E-state index is 13.3. The summed E-state index contributed by atoms with van der Waals surface area (Å²) in [6, 6.07) is 0. The van der Waals surface area contributed by atoms with Crippen LogP contribution in [-0.4, -0.2) is 47.9 Å². The van der Waals surface area contributed by atoms with Crippen LogP contribution in [0.25, 0.3) is 0 Å².